The molecule has 1 aromatic carbocycles. The van der Waals surface area contributed by atoms with E-state index in [0.29, 0.717) is 17.7 Å². The predicted molar refractivity (Wildman–Crippen MR) is 84.8 cm³/mol. The van der Waals surface area contributed by atoms with E-state index in [0.717, 1.165) is 17.7 Å². The molecule has 0 saturated carbocycles. The molecule has 1 N–H and O–H groups in total. The molecule has 1 aliphatic rings. The molecule has 1 aromatic heterocycles. The Morgan fingerprint density at radius 3 is 3.10 bits per heavy atom. The first kappa shape index (κ1) is 14.4. The molecule has 1 heterocycles. The number of nitrogens with zero attached hydrogens (tertiary/aromatic N) is 1. The molecular weight excluding hydrogens is 284 g/mol. The van der Waals surface area contributed by atoms with Crippen molar-refractivity contribution in [3.63, 3.8) is 0 Å². The van der Waals surface area contributed by atoms with Crippen LogP contribution in [0, 0.1) is 0 Å². The Hall–Kier alpha value is -1.58. The van der Waals surface area contributed by atoms with Crippen LogP contribution >= 0.6 is 11.6 Å². The summed E-state index contributed by atoms with van der Waals surface area (Å²) in [6.07, 6.45) is 6.93. The molecule has 1 unspecified atom stereocenters. The normalized spacial score (nSPS) is 17.3. The number of benzene rings is 1. The zero-order chi connectivity index (χ0) is 14.7. The highest BCUT2D eigenvalue weighted by atomic mass is 35.5. The van der Waals surface area contributed by atoms with E-state index in [1.54, 1.807) is 12.4 Å². The molecule has 0 radical (unpaired) electrons. The van der Waals surface area contributed by atoms with Gasteiger partial charge in [0.2, 0.25) is 0 Å². The first-order valence-corrected chi connectivity index (χ1v) is 7.67. The summed E-state index contributed by atoms with van der Waals surface area (Å²) in [6, 6.07) is 8.74. The van der Waals surface area contributed by atoms with Gasteiger partial charge in [0, 0.05) is 24.0 Å². The summed E-state index contributed by atoms with van der Waals surface area (Å²) in [5, 5.41) is 4.02. The van der Waals surface area contributed by atoms with Gasteiger partial charge in [-0.15, -0.1) is 0 Å². The monoisotopic (exact) mass is 302 g/mol. The Morgan fingerprint density at radius 1 is 1.38 bits per heavy atom. The van der Waals surface area contributed by atoms with Crippen LogP contribution in [-0.2, 0) is 13.0 Å². The number of halogens is 1. The number of hydrogen-bond acceptors (Lipinski definition) is 3. The number of nitrogens with one attached hydrogen (secondary N) is 1. The van der Waals surface area contributed by atoms with Gasteiger partial charge >= 0.3 is 0 Å². The molecule has 0 bridgehead atoms. The number of fused-ring (bicyclic) bond motifs is 1. The van der Waals surface area contributed by atoms with Crippen molar-refractivity contribution in [2.24, 2.45) is 0 Å². The van der Waals surface area contributed by atoms with Gasteiger partial charge in [0.15, 0.2) is 0 Å². The maximum Gasteiger partial charge on any atom is 0.120 e. The van der Waals surface area contributed by atoms with E-state index in [9.17, 15) is 0 Å². The summed E-state index contributed by atoms with van der Waals surface area (Å²) in [5.41, 5.74) is 3.74. The highest BCUT2D eigenvalue weighted by Gasteiger charge is 2.18. The minimum Gasteiger partial charge on any atom is -0.489 e. The summed E-state index contributed by atoms with van der Waals surface area (Å²) < 4.78 is 5.88. The molecule has 0 saturated heterocycles. The molecule has 3 rings (SSSR count). The van der Waals surface area contributed by atoms with E-state index < -0.39 is 0 Å². The molecule has 0 aliphatic heterocycles. The van der Waals surface area contributed by atoms with Crippen LogP contribution in [0.2, 0.25) is 5.02 Å². The van der Waals surface area contributed by atoms with Gasteiger partial charge in [-0.05, 0) is 55.6 Å². The van der Waals surface area contributed by atoms with E-state index in [1.807, 2.05) is 19.2 Å². The molecule has 0 fully saturated rings. The second kappa shape index (κ2) is 6.46. The SMILES string of the molecule is CNC1CCCc2cc(OCc3ccncc3Cl)ccc21. The maximum atomic E-state index is 6.09. The number of pyridine rings is 1. The molecule has 0 spiro atoms. The van der Waals surface area contributed by atoms with Gasteiger partial charge in [-0.1, -0.05) is 17.7 Å². The smallest absolute Gasteiger partial charge is 0.120 e. The first-order valence-electron chi connectivity index (χ1n) is 7.29. The van der Waals surface area contributed by atoms with Gasteiger partial charge in [0.05, 0.1) is 5.02 Å². The van der Waals surface area contributed by atoms with Crippen molar-refractivity contribution < 1.29 is 4.74 Å². The summed E-state index contributed by atoms with van der Waals surface area (Å²) in [6.45, 7) is 0.468. The van der Waals surface area contributed by atoms with Crippen molar-refractivity contribution >= 4 is 11.6 Å². The summed E-state index contributed by atoms with van der Waals surface area (Å²) >= 11 is 6.09. The van der Waals surface area contributed by atoms with Crippen LogP contribution in [0.25, 0.3) is 0 Å². The lowest BCUT2D eigenvalue weighted by molar-refractivity contribution is 0.305. The topological polar surface area (TPSA) is 34.1 Å². The van der Waals surface area contributed by atoms with Crippen molar-refractivity contribution in [3.05, 3.63) is 58.4 Å². The second-order valence-electron chi connectivity index (χ2n) is 5.35. The van der Waals surface area contributed by atoms with Gasteiger partial charge in [0.1, 0.15) is 12.4 Å². The van der Waals surface area contributed by atoms with Gasteiger partial charge in [0.25, 0.3) is 0 Å². The Bertz CT molecular complexity index is 630. The summed E-state index contributed by atoms with van der Waals surface area (Å²) in [5.74, 6) is 0.901. The largest absolute Gasteiger partial charge is 0.489 e. The van der Waals surface area contributed by atoms with Crippen molar-refractivity contribution in [1.29, 1.82) is 0 Å². The molecule has 3 nitrogen and oxygen atoms in total. The number of hydrogen-bond donors (Lipinski definition) is 1. The third-order valence-electron chi connectivity index (χ3n) is 4.03. The standard InChI is InChI=1S/C17H19ClN2O/c1-19-17-4-2-3-12-9-14(5-6-15(12)17)21-11-13-7-8-20-10-16(13)18/h5-10,17,19H,2-4,11H2,1H3. The van der Waals surface area contributed by atoms with Crippen LogP contribution in [0.3, 0.4) is 0 Å². The second-order valence-corrected chi connectivity index (χ2v) is 5.76. The Kier molecular flexibility index (Phi) is 4.42. The Morgan fingerprint density at radius 2 is 2.29 bits per heavy atom. The average molecular weight is 303 g/mol. The van der Waals surface area contributed by atoms with Crippen LogP contribution in [0.15, 0.2) is 36.7 Å². The zero-order valence-electron chi connectivity index (χ0n) is 12.1. The predicted octanol–water partition coefficient (Wildman–Crippen LogP) is 3.91. The lowest BCUT2D eigenvalue weighted by Gasteiger charge is -2.25. The number of aromatic nitrogens is 1. The fraction of sp³-hybridized carbons (Fsp3) is 0.353. The molecule has 1 atom stereocenters. The molecule has 4 heteroatoms. The van der Waals surface area contributed by atoms with Gasteiger partial charge < -0.3 is 10.1 Å². The number of aryl methyl sites for hydroxylation is 1. The van der Waals surface area contributed by atoms with Crippen molar-refractivity contribution in [2.75, 3.05) is 7.05 Å². The molecule has 1 aliphatic carbocycles. The summed E-state index contributed by atoms with van der Waals surface area (Å²) in [4.78, 5) is 3.98. The summed E-state index contributed by atoms with van der Waals surface area (Å²) in [7, 11) is 2.02. The zero-order valence-corrected chi connectivity index (χ0v) is 12.9. The fourth-order valence-corrected chi connectivity index (χ4v) is 3.04. The van der Waals surface area contributed by atoms with Gasteiger partial charge in [-0.2, -0.15) is 0 Å². The van der Waals surface area contributed by atoms with Crippen molar-refractivity contribution in [2.45, 2.75) is 31.9 Å². The van der Waals surface area contributed by atoms with E-state index in [1.165, 1.54) is 24.0 Å². The maximum absolute atomic E-state index is 6.09. The number of rotatable bonds is 4. The fourth-order valence-electron chi connectivity index (χ4n) is 2.86. The van der Waals surface area contributed by atoms with Crippen LogP contribution in [0.4, 0.5) is 0 Å². The minimum atomic E-state index is 0.468. The van der Waals surface area contributed by atoms with E-state index in [-0.39, 0.29) is 0 Å². The molecule has 21 heavy (non-hydrogen) atoms. The van der Waals surface area contributed by atoms with Crippen LogP contribution in [-0.4, -0.2) is 12.0 Å². The third-order valence-corrected chi connectivity index (χ3v) is 4.37. The van der Waals surface area contributed by atoms with Crippen LogP contribution in [0.1, 0.15) is 35.6 Å². The van der Waals surface area contributed by atoms with E-state index >= 15 is 0 Å². The van der Waals surface area contributed by atoms with Crippen LogP contribution in [0.5, 0.6) is 5.75 Å². The highest BCUT2D eigenvalue weighted by molar-refractivity contribution is 6.31. The molecular formula is C17H19ClN2O. The van der Waals surface area contributed by atoms with Gasteiger partial charge in [-0.3, -0.25) is 4.98 Å². The van der Waals surface area contributed by atoms with Crippen molar-refractivity contribution in [3.8, 4) is 5.75 Å². The Labute approximate surface area is 130 Å². The van der Waals surface area contributed by atoms with Crippen LogP contribution < -0.4 is 10.1 Å². The quantitative estimate of drug-likeness (QED) is 0.930. The van der Waals surface area contributed by atoms with E-state index in [2.05, 4.69) is 22.4 Å². The van der Waals surface area contributed by atoms with Gasteiger partial charge in [-0.25, -0.2) is 0 Å². The first-order chi connectivity index (χ1) is 10.3. The molecule has 0 amide bonds. The average Bonchev–Trinajstić information content (AvgIpc) is 2.53. The number of ether oxygens (including phenoxy) is 1. The molecule has 2 aromatic rings. The lowest BCUT2D eigenvalue weighted by Crippen LogP contribution is -2.21. The highest BCUT2D eigenvalue weighted by Crippen LogP contribution is 2.32. The lowest BCUT2D eigenvalue weighted by atomic mass is 9.87. The molecule has 110 valence electrons. The Balaban J connectivity index is 1.74. The minimum absolute atomic E-state index is 0.468. The van der Waals surface area contributed by atoms with E-state index in [4.69, 9.17) is 16.3 Å². The third kappa shape index (κ3) is 3.20. The van der Waals surface area contributed by atoms with Crippen molar-refractivity contribution in [1.82, 2.24) is 10.3 Å².